The monoisotopic (exact) mass is 328 g/mol. The molecule has 0 amide bonds. The summed E-state index contributed by atoms with van der Waals surface area (Å²) in [5, 5.41) is 44.6. The van der Waals surface area contributed by atoms with Gasteiger partial charge >= 0.3 is 0 Å². The smallest absolute Gasteiger partial charge is 0.138 e. The third kappa shape index (κ3) is 2.98. The first-order chi connectivity index (χ1) is 11.4. The summed E-state index contributed by atoms with van der Waals surface area (Å²) in [5.41, 5.74) is 0.987. The predicted octanol–water partition coefficient (Wildman–Crippen LogP) is 0.260. The van der Waals surface area contributed by atoms with E-state index in [1.807, 2.05) is 0 Å². The summed E-state index contributed by atoms with van der Waals surface area (Å²) >= 11 is 0. The van der Waals surface area contributed by atoms with Crippen LogP contribution in [0.4, 0.5) is 0 Å². The van der Waals surface area contributed by atoms with Gasteiger partial charge in [-0.25, -0.2) is 0 Å². The molecule has 0 bridgehead atoms. The minimum Gasteiger partial charge on any atom is -0.851 e. The van der Waals surface area contributed by atoms with Crippen molar-refractivity contribution in [3.63, 3.8) is 0 Å². The number of hydrogen-bond donors (Lipinski definition) is 2. The molecule has 0 aromatic carbocycles. The van der Waals surface area contributed by atoms with Crippen LogP contribution in [-0.2, 0) is 0 Å². The van der Waals surface area contributed by atoms with Gasteiger partial charge < -0.3 is 30.2 Å². The van der Waals surface area contributed by atoms with Crippen molar-refractivity contribution < 1.29 is 20.4 Å². The molecule has 128 valence electrons. The zero-order chi connectivity index (χ0) is 17.4. The third-order valence-electron chi connectivity index (χ3n) is 4.48. The standard InChI is InChI=1S/C18H20N2O4/c1-19-5-3-11(15(21)9-19)7-13-17(23)14(18(13)24)8-12-4-6-20(2)10-16(12)22/h3-10,13-14,17-18,21-22H,1-2H3/q-2. The Hall–Kier alpha value is -2.44. The summed E-state index contributed by atoms with van der Waals surface area (Å²) in [7, 11) is 3.55. The second kappa shape index (κ2) is 6.22. The molecule has 2 N–H and O–H groups in total. The van der Waals surface area contributed by atoms with Crippen molar-refractivity contribution in [3.8, 4) is 0 Å². The van der Waals surface area contributed by atoms with E-state index >= 15 is 0 Å². The molecule has 1 saturated carbocycles. The Morgan fingerprint density at radius 2 is 1.21 bits per heavy atom. The van der Waals surface area contributed by atoms with Crippen molar-refractivity contribution in [2.24, 2.45) is 11.8 Å². The van der Waals surface area contributed by atoms with Crippen LogP contribution in [0.15, 0.2) is 71.8 Å². The lowest BCUT2D eigenvalue weighted by Crippen LogP contribution is -2.65. The molecule has 2 heterocycles. The highest BCUT2D eigenvalue weighted by Crippen LogP contribution is 2.36. The second-order valence-corrected chi connectivity index (χ2v) is 6.32. The van der Waals surface area contributed by atoms with Crippen LogP contribution in [0.3, 0.4) is 0 Å². The van der Waals surface area contributed by atoms with Crippen molar-refractivity contribution >= 4 is 0 Å². The molecule has 0 aromatic rings. The van der Waals surface area contributed by atoms with E-state index in [9.17, 15) is 20.4 Å². The van der Waals surface area contributed by atoms with E-state index in [1.54, 1.807) is 60.6 Å². The van der Waals surface area contributed by atoms with Gasteiger partial charge in [-0.15, -0.1) is 12.2 Å². The molecular weight excluding hydrogens is 308 g/mol. The maximum absolute atomic E-state index is 12.4. The molecule has 6 heteroatoms. The van der Waals surface area contributed by atoms with Crippen molar-refractivity contribution in [2.75, 3.05) is 14.1 Å². The molecule has 24 heavy (non-hydrogen) atoms. The van der Waals surface area contributed by atoms with Crippen molar-refractivity contribution in [2.45, 2.75) is 12.2 Å². The minimum absolute atomic E-state index is 0.0417. The fourth-order valence-electron chi connectivity index (χ4n) is 3.00. The largest absolute Gasteiger partial charge is 0.851 e. The van der Waals surface area contributed by atoms with Gasteiger partial charge in [0.1, 0.15) is 11.5 Å². The summed E-state index contributed by atoms with van der Waals surface area (Å²) in [4.78, 5) is 3.37. The van der Waals surface area contributed by atoms with Gasteiger partial charge in [-0.05, 0) is 24.0 Å². The van der Waals surface area contributed by atoms with Gasteiger partial charge in [0.25, 0.3) is 0 Å². The van der Waals surface area contributed by atoms with Crippen molar-refractivity contribution in [3.05, 3.63) is 71.8 Å². The predicted molar refractivity (Wildman–Crippen MR) is 86.0 cm³/mol. The fraction of sp³-hybridized carbons (Fsp3) is 0.333. The van der Waals surface area contributed by atoms with Gasteiger partial charge in [0.05, 0.1) is 0 Å². The summed E-state index contributed by atoms with van der Waals surface area (Å²) in [6, 6.07) is 0. The average Bonchev–Trinajstić information content (AvgIpc) is 2.53. The molecule has 2 aliphatic heterocycles. The van der Waals surface area contributed by atoms with Gasteiger partial charge in [-0.3, -0.25) is 0 Å². The average molecular weight is 328 g/mol. The Morgan fingerprint density at radius 1 is 0.833 bits per heavy atom. The minimum atomic E-state index is -1.09. The number of rotatable bonds is 2. The molecular formula is C18H20N2O4-2. The number of aliphatic hydroxyl groups is 2. The molecule has 0 aromatic heterocycles. The van der Waals surface area contributed by atoms with Crippen LogP contribution in [0.5, 0.6) is 0 Å². The number of allylic oxidation sites excluding steroid dienone is 2. The van der Waals surface area contributed by atoms with Gasteiger partial charge in [0.2, 0.25) is 0 Å². The number of hydrogen-bond acceptors (Lipinski definition) is 6. The van der Waals surface area contributed by atoms with Crippen LogP contribution in [0.2, 0.25) is 0 Å². The van der Waals surface area contributed by atoms with Crippen LogP contribution in [0.25, 0.3) is 0 Å². The van der Waals surface area contributed by atoms with E-state index in [0.29, 0.717) is 11.1 Å². The van der Waals surface area contributed by atoms with E-state index in [0.717, 1.165) is 0 Å². The number of aliphatic hydroxyl groups excluding tert-OH is 2. The molecule has 3 rings (SSSR count). The Balaban J connectivity index is 1.74. The van der Waals surface area contributed by atoms with Crippen LogP contribution in [-0.4, -0.2) is 46.3 Å². The van der Waals surface area contributed by atoms with Crippen LogP contribution in [0, 0.1) is 11.8 Å². The fourth-order valence-corrected chi connectivity index (χ4v) is 3.00. The van der Waals surface area contributed by atoms with E-state index < -0.39 is 24.0 Å². The Bertz CT molecular complexity index is 634. The molecule has 6 nitrogen and oxygen atoms in total. The maximum atomic E-state index is 12.4. The summed E-state index contributed by atoms with van der Waals surface area (Å²) < 4.78 is 0. The Kier molecular flexibility index (Phi) is 4.26. The molecule has 1 aliphatic carbocycles. The first-order valence-electron chi connectivity index (χ1n) is 7.74. The van der Waals surface area contributed by atoms with E-state index in [2.05, 4.69) is 0 Å². The molecule has 0 saturated heterocycles. The highest BCUT2D eigenvalue weighted by atomic mass is 16.3. The summed E-state index contributed by atoms with van der Waals surface area (Å²) in [5.74, 6) is -1.29. The molecule has 0 unspecified atom stereocenters. The first kappa shape index (κ1) is 16.4. The topological polar surface area (TPSA) is 93.1 Å². The first-order valence-corrected chi connectivity index (χ1v) is 7.74. The van der Waals surface area contributed by atoms with Gasteiger partial charge in [0.15, 0.2) is 0 Å². The van der Waals surface area contributed by atoms with Crippen LogP contribution in [0.1, 0.15) is 0 Å². The van der Waals surface area contributed by atoms with Gasteiger partial charge in [-0.2, -0.15) is 0 Å². The van der Waals surface area contributed by atoms with Crippen LogP contribution < -0.4 is 10.2 Å². The second-order valence-electron chi connectivity index (χ2n) is 6.32. The number of nitrogens with zero attached hydrogens (tertiary/aromatic N) is 2. The lowest BCUT2D eigenvalue weighted by Gasteiger charge is -2.59. The Morgan fingerprint density at radius 3 is 1.54 bits per heavy atom. The molecule has 0 atom stereocenters. The van der Waals surface area contributed by atoms with E-state index in [-0.39, 0.29) is 11.5 Å². The van der Waals surface area contributed by atoms with Crippen molar-refractivity contribution in [1.82, 2.24) is 9.80 Å². The molecule has 0 spiro atoms. The lowest BCUT2D eigenvalue weighted by atomic mass is 9.67. The molecule has 1 fully saturated rings. The van der Waals surface area contributed by atoms with Crippen molar-refractivity contribution in [1.29, 1.82) is 0 Å². The van der Waals surface area contributed by atoms with E-state index in [4.69, 9.17) is 0 Å². The molecule has 0 radical (unpaired) electrons. The lowest BCUT2D eigenvalue weighted by molar-refractivity contribution is -0.550. The summed E-state index contributed by atoms with van der Waals surface area (Å²) in [6.07, 6.45) is 10.8. The van der Waals surface area contributed by atoms with Gasteiger partial charge in [-0.1, -0.05) is 12.2 Å². The zero-order valence-electron chi connectivity index (χ0n) is 13.5. The summed E-state index contributed by atoms with van der Waals surface area (Å²) in [6.45, 7) is 0. The van der Waals surface area contributed by atoms with Gasteiger partial charge in [0, 0.05) is 50.0 Å². The van der Waals surface area contributed by atoms with Crippen LogP contribution >= 0.6 is 0 Å². The third-order valence-corrected chi connectivity index (χ3v) is 4.48. The SMILES string of the molecule is CN1C=CC(=CC2C([O-])C(C=C3C=CN(C)C=C3O)C2[O-])C(O)=C1. The normalized spacial score (nSPS) is 36.0. The Labute approximate surface area is 140 Å². The van der Waals surface area contributed by atoms with E-state index in [1.165, 1.54) is 12.4 Å². The highest BCUT2D eigenvalue weighted by Gasteiger charge is 2.34. The molecule has 3 aliphatic rings. The highest BCUT2D eigenvalue weighted by molar-refractivity contribution is 5.42. The quantitative estimate of drug-likeness (QED) is 0.755. The zero-order valence-corrected chi connectivity index (χ0v) is 13.5. The maximum Gasteiger partial charge on any atom is 0.138 e.